The summed E-state index contributed by atoms with van der Waals surface area (Å²) in [7, 11) is 0. The second-order valence-corrected chi connectivity index (χ2v) is 28.7. The molecule has 6 rings (SSSR count). The molecule has 4 atom stereocenters. The summed E-state index contributed by atoms with van der Waals surface area (Å²) in [5.74, 6) is -8.04. The van der Waals surface area contributed by atoms with Crippen LogP contribution in [-0.4, -0.2) is 271 Å². The predicted molar refractivity (Wildman–Crippen MR) is 429 cm³/mol. The molecular formula is C79H113N15O20S. The Morgan fingerprint density at radius 2 is 1.12 bits per heavy atom. The first-order valence-electron chi connectivity index (χ1n) is 39.0. The summed E-state index contributed by atoms with van der Waals surface area (Å²) in [4.78, 5) is 163. The number of ether oxygens (including phenoxy) is 4. The Kier molecular flexibility index (Phi) is 42.5. The van der Waals surface area contributed by atoms with Gasteiger partial charge >= 0.3 is 29.9 Å². The number of amides is 9. The van der Waals surface area contributed by atoms with Crippen molar-refractivity contribution in [2.75, 3.05) is 141 Å². The topological polar surface area (TPSA) is 492 Å². The number of anilines is 3. The van der Waals surface area contributed by atoms with E-state index in [4.69, 9.17) is 36.9 Å². The zero-order chi connectivity index (χ0) is 83.2. The van der Waals surface area contributed by atoms with E-state index in [0.29, 0.717) is 125 Å². The minimum Gasteiger partial charge on any atom is -0.481 e. The molecule has 630 valence electrons. The van der Waals surface area contributed by atoms with Gasteiger partial charge in [0, 0.05) is 101 Å². The van der Waals surface area contributed by atoms with E-state index in [2.05, 4.69) is 58.2 Å². The zero-order valence-corrected chi connectivity index (χ0v) is 66.1. The molecule has 2 aliphatic rings. The van der Waals surface area contributed by atoms with Crippen LogP contribution in [0.15, 0.2) is 97.3 Å². The predicted octanol–water partition coefficient (Wildman–Crippen LogP) is 2.93. The number of benzene rings is 3. The summed E-state index contributed by atoms with van der Waals surface area (Å²) in [5.41, 5.74) is 9.26. The van der Waals surface area contributed by atoms with Gasteiger partial charge < -0.3 is 98.3 Å². The van der Waals surface area contributed by atoms with E-state index in [0.717, 1.165) is 23.1 Å². The van der Waals surface area contributed by atoms with Crippen LogP contribution in [0.25, 0.3) is 0 Å². The Morgan fingerprint density at radius 1 is 0.539 bits per heavy atom. The van der Waals surface area contributed by atoms with Gasteiger partial charge in [0.1, 0.15) is 30.3 Å². The van der Waals surface area contributed by atoms with Gasteiger partial charge in [-0.1, -0.05) is 67.8 Å². The first kappa shape index (κ1) is 93.5. The number of rotatable bonds is 52. The number of nitrogens with one attached hydrogen (secondary N) is 10. The lowest BCUT2D eigenvalue weighted by atomic mass is 9.80. The highest BCUT2D eigenvalue weighted by Gasteiger charge is 2.42. The van der Waals surface area contributed by atoms with Crippen LogP contribution in [0.3, 0.4) is 0 Å². The van der Waals surface area contributed by atoms with E-state index in [1.54, 1.807) is 63.5 Å². The van der Waals surface area contributed by atoms with Crippen molar-refractivity contribution >= 4 is 106 Å². The number of pyridine rings is 1. The minimum absolute atomic E-state index is 0.00165. The maximum atomic E-state index is 14.4. The maximum Gasteiger partial charge on any atom is 0.323 e. The highest BCUT2D eigenvalue weighted by molar-refractivity contribution is 7.80. The largest absolute Gasteiger partial charge is 0.481 e. The second kappa shape index (κ2) is 52.2. The van der Waals surface area contributed by atoms with Crippen molar-refractivity contribution in [1.82, 2.24) is 56.9 Å². The lowest BCUT2D eigenvalue weighted by Crippen LogP contribution is -2.63. The van der Waals surface area contributed by atoms with Gasteiger partial charge in [0.25, 0.3) is 0 Å². The number of unbranched alkanes of at least 4 members (excludes halogenated alkanes) is 2. The van der Waals surface area contributed by atoms with E-state index in [9.17, 15) is 78.0 Å². The number of aliphatic carboxylic acids is 4. The van der Waals surface area contributed by atoms with Crippen LogP contribution >= 0.6 is 12.2 Å². The SMILES string of the molecule is Cc1ccccc1NC(=O)Nc1ccc(CC(=O)N[C@@H](CCCCNC(=O)CCc2cccnc2)C(=O)NC(CCCC(=O)O)C(=O)NC2(C(=O)NCCOCCOCCOCCOCC(=O)NC(CCCCNC(=S)Nc3ccc(CC4CN(CC(=O)O)CCN(CC(=O)O)CCN4CC(=O)O)cc3)C(N)=O)CCCCC2)cc1. The first-order chi connectivity index (χ1) is 55.3. The number of aromatic nitrogens is 1. The quantitative estimate of drug-likeness (QED) is 0.0223. The van der Waals surface area contributed by atoms with Gasteiger partial charge in [-0.15, -0.1) is 0 Å². The maximum absolute atomic E-state index is 14.4. The van der Waals surface area contributed by atoms with Crippen LogP contribution in [0.4, 0.5) is 21.9 Å². The molecule has 1 saturated heterocycles. The van der Waals surface area contributed by atoms with Gasteiger partial charge in [-0.05, 0) is 155 Å². The number of primary amides is 1. The summed E-state index contributed by atoms with van der Waals surface area (Å²) >= 11 is 5.49. The van der Waals surface area contributed by atoms with E-state index in [1.165, 1.54) is 0 Å². The number of hydrogen-bond acceptors (Lipinski definition) is 21. The monoisotopic (exact) mass is 1620 g/mol. The van der Waals surface area contributed by atoms with Gasteiger partial charge in [0.2, 0.25) is 41.4 Å². The smallest absolute Gasteiger partial charge is 0.323 e. The molecular weight excluding hydrogens is 1510 g/mol. The molecule has 4 aromatic rings. The fraction of sp³-hybridized carbons (Fsp3) is 0.544. The van der Waals surface area contributed by atoms with E-state index in [1.807, 2.05) is 55.5 Å². The van der Waals surface area contributed by atoms with Crippen molar-refractivity contribution in [1.29, 1.82) is 0 Å². The molecule has 1 saturated carbocycles. The number of thiocarbonyl (C=S) groups is 1. The van der Waals surface area contributed by atoms with Gasteiger partial charge in [-0.2, -0.15) is 0 Å². The average Bonchev–Trinajstić information content (AvgIpc) is 1.15. The number of para-hydroxylation sites is 1. The fourth-order valence-corrected chi connectivity index (χ4v) is 13.3. The zero-order valence-electron chi connectivity index (χ0n) is 65.3. The van der Waals surface area contributed by atoms with Gasteiger partial charge in [-0.3, -0.25) is 72.4 Å². The minimum atomic E-state index is -1.36. The first-order valence-corrected chi connectivity index (χ1v) is 39.4. The standard InChI is InChI=1S/C79H113N15O20S/c1-55-13-3-4-15-62(55)90-77(110)85-59-25-22-57(23-26-59)48-67(96)88-64(17-6-9-33-82-66(95)29-24-58-14-12-32-81-49-58)74(107)89-65(18-11-19-69(98)99)75(108)91-79(30-7-2-8-31-79)76(109)83-35-40-111-41-42-112-43-44-113-45-46-114-54-68(97)87-63(73(80)106)16-5-10-34-84-78(115)86-60-27-20-56(21-28-60)47-61-50-93(52-71(102)103)37-36-92(51-70(100)101)38-39-94(61)53-72(104)105/h3-4,12-15,20-23,25-28,32,49,61,63-65H,2,5-11,16-19,24,29-31,33-48,50-54H2,1H3,(H2,80,106)(H,82,95)(H,83,109)(H,87,97)(H,88,96)(H,89,107)(H,91,108)(H,98,99)(H,100,101)(H,102,103)(H,104,105)(H2,84,86,115)(H2,85,90,110)/t61?,63?,64-,65?/m0/s1. The Morgan fingerprint density at radius 3 is 1.77 bits per heavy atom. The lowest BCUT2D eigenvalue weighted by Gasteiger charge is -2.38. The van der Waals surface area contributed by atoms with Crippen LogP contribution < -0.4 is 58.9 Å². The molecule has 2 heterocycles. The molecule has 0 spiro atoms. The van der Waals surface area contributed by atoms with Gasteiger partial charge in [0.15, 0.2) is 5.11 Å². The van der Waals surface area contributed by atoms with Crippen molar-refractivity contribution < 1.29 is 96.9 Å². The third-order valence-electron chi connectivity index (χ3n) is 19.2. The molecule has 1 aromatic heterocycles. The number of carbonyl (C=O) groups is 12. The Labute approximate surface area is 674 Å². The fourth-order valence-electron chi connectivity index (χ4n) is 13.1. The summed E-state index contributed by atoms with van der Waals surface area (Å²) in [6.45, 7) is 4.06. The normalized spacial score (nSPS) is 15.3. The van der Waals surface area contributed by atoms with Crippen molar-refractivity contribution in [2.24, 2.45) is 5.73 Å². The lowest BCUT2D eigenvalue weighted by molar-refractivity contribution is -0.140. The number of urea groups is 1. The average molecular weight is 1620 g/mol. The third-order valence-corrected chi connectivity index (χ3v) is 19.4. The molecule has 9 amide bonds. The number of carboxylic acid groups (broad SMARTS) is 4. The number of nitrogens with zero attached hydrogens (tertiary/aromatic N) is 4. The number of carboxylic acids is 4. The molecule has 36 heteroatoms. The number of hydrogen-bond donors (Lipinski definition) is 15. The van der Waals surface area contributed by atoms with Crippen molar-refractivity contribution in [2.45, 2.75) is 152 Å². The molecule has 1 aliphatic carbocycles. The van der Waals surface area contributed by atoms with E-state index >= 15 is 0 Å². The van der Waals surface area contributed by atoms with Crippen LogP contribution in [0.2, 0.25) is 0 Å². The number of nitrogens with two attached hydrogens (primary N) is 1. The molecule has 1 aliphatic heterocycles. The van der Waals surface area contributed by atoms with Gasteiger partial charge in [-0.25, -0.2) is 4.79 Å². The molecule has 3 unspecified atom stereocenters. The molecule has 0 radical (unpaired) electrons. The highest BCUT2D eigenvalue weighted by Crippen LogP contribution is 2.29. The van der Waals surface area contributed by atoms with Gasteiger partial charge in [0.05, 0.1) is 72.3 Å². The molecule has 35 nitrogen and oxygen atoms in total. The third kappa shape index (κ3) is 38.1. The van der Waals surface area contributed by atoms with Crippen molar-refractivity contribution in [3.8, 4) is 0 Å². The van der Waals surface area contributed by atoms with Crippen LogP contribution in [0.1, 0.15) is 119 Å². The van der Waals surface area contributed by atoms with Crippen molar-refractivity contribution in [3.05, 3.63) is 120 Å². The van der Waals surface area contributed by atoms with E-state index < -0.39 is 89.0 Å². The summed E-state index contributed by atoms with van der Waals surface area (Å²) in [6, 6.07) is 20.7. The Bertz CT molecular complexity index is 3770. The molecule has 3 aromatic carbocycles. The van der Waals surface area contributed by atoms with Crippen LogP contribution in [0.5, 0.6) is 0 Å². The second-order valence-electron chi connectivity index (χ2n) is 28.3. The Balaban J connectivity index is 0.857. The molecule has 115 heavy (non-hydrogen) atoms. The summed E-state index contributed by atoms with van der Waals surface area (Å²) < 4.78 is 22.3. The number of carbonyl (C=O) groups excluding carboxylic acids is 8. The number of aryl methyl sites for hydroxylation is 2. The summed E-state index contributed by atoms with van der Waals surface area (Å²) in [5, 5.41) is 67.4. The molecule has 0 bridgehead atoms. The van der Waals surface area contributed by atoms with Crippen LogP contribution in [0, 0.1) is 6.92 Å². The van der Waals surface area contributed by atoms with Crippen LogP contribution in [-0.2, 0) is 90.9 Å². The Hall–Kier alpha value is -10.3. The summed E-state index contributed by atoms with van der Waals surface area (Å²) in [6.07, 6.45) is 8.83. The highest BCUT2D eigenvalue weighted by atomic mass is 32.1. The molecule has 2 fully saturated rings. The van der Waals surface area contributed by atoms with Crippen molar-refractivity contribution in [3.63, 3.8) is 0 Å². The molecule has 16 N–H and O–H groups in total. The van der Waals surface area contributed by atoms with E-state index in [-0.39, 0.29) is 149 Å².